The molecule has 1 aliphatic carbocycles. The molecule has 0 unspecified atom stereocenters. The molecule has 1 aromatic rings. The Hall–Kier alpha value is -1.85. The van der Waals surface area contributed by atoms with Gasteiger partial charge in [0.25, 0.3) is 0 Å². The van der Waals surface area contributed by atoms with Crippen LogP contribution in [0.5, 0.6) is 0 Å². The molecule has 1 saturated heterocycles. The number of hydrogen-bond donors (Lipinski definition) is 0. The molecule has 0 N–H and O–H groups in total. The van der Waals surface area contributed by atoms with Crippen molar-refractivity contribution in [1.29, 1.82) is 0 Å². The van der Waals surface area contributed by atoms with Gasteiger partial charge >= 0.3 is 5.97 Å². The first kappa shape index (κ1) is 13.8. The number of amides is 1. The van der Waals surface area contributed by atoms with Gasteiger partial charge in [0, 0.05) is 18.5 Å². The Bertz CT molecular complexity index is 603. The average Bonchev–Trinajstić information content (AvgIpc) is 3.11. The van der Waals surface area contributed by atoms with Crippen LogP contribution in [0.3, 0.4) is 0 Å². The van der Waals surface area contributed by atoms with E-state index in [0.717, 1.165) is 43.4 Å². The van der Waals surface area contributed by atoms with E-state index in [4.69, 9.17) is 9.26 Å². The van der Waals surface area contributed by atoms with Crippen LogP contribution in [0.1, 0.15) is 49.8 Å². The van der Waals surface area contributed by atoms with Crippen molar-refractivity contribution in [2.24, 2.45) is 5.92 Å². The Balaban J connectivity index is 1.55. The number of aromatic nitrogens is 1. The van der Waals surface area contributed by atoms with Gasteiger partial charge < -0.3 is 14.2 Å². The van der Waals surface area contributed by atoms with Crippen molar-refractivity contribution in [2.45, 2.75) is 57.1 Å². The van der Waals surface area contributed by atoms with Crippen LogP contribution in [-0.2, 0) is 27.3 Å². The molecule has 1 saturated carbocycles. The number of hydrogen-bond acceptors (Lipinski definition) is 5. The minimum atomic E-state index is -0.540. The number of carbonyl (C=O) groups is 2. The van der Waals surface area contributed by atoms with Gasteiger partial charge in [0.05, 0.1) is 24.6 Å². The first-order valence-electron chi connectivity index (χ1n) is 8.11. The largest absolute Gasteiger partial charge is 0.458 e. The Morgan fingerprint density at radius 2 is 2.14 bits per heavy atom. The van der Waals surface area contributed by atoms with Crippen LogP contribution in [0.4, 0.5) is 0 Å². The minimum Gasteiger partial charge on any atom is -0.458 e. The Kier molecular flexibility index (Phi) is 3.20. The Morgan fingerprint density at radius 1 is 1.32 bits per heavy atom. The molecule has 0 aromatic carbocycles. The van der Waals surface area contributed by atoms with E-state index >= 15 is 0 Å². The second-order valence-electron chi connectivity index (χ2n) is 6.65. The molecule has 1 amide bonds. The lowest BCUT2D eigenvalue weighted by molar-refractivity contribution is -0.156. The van der Waals surface area contributed by atoms with Gasteiger partial charge in [-0.15, -0.1) is 0 Å². The van der Waals surface area contributed by atoms with Crippen LogP contribution in [0, 0.1) is 5.92 Å². The van der Waals surface area contributed by atoms with E-state index in [1.165, 1.54) is 0 Å². The lowest BCUT2D eigenvalue weighted by Crippen LogP contribution is -2.48. The van der Waals surface area contributed by atoms with E-state index < -0.39 is 5.60 Å². The Labute approximate surface area is 128 Å². The highest BCUT2D eigenvalue weighted by Crippen LogP contribution is 2.45. The van der Waals surface area contributed by atoms with Crippen molar-refractivity contribution < 1.29 is 18.8 Å². The van der Waals surface area contributed by atoms with Crippen LogP contribution >= 0.6 is 0 Å². The third-order valence-corrected chi connectivity index (χ3v) is 5.34. The topological polar surface area (TPSA) is 72.6 Å². The molecule has 4 rings (SSSR count). The second kappa shape index (κ2) is 5.11. The molecule has 2 aliphatic heterocycles. The van der Waals surface area contributed by atoms with Gasteiger partial charge in [-0.3, -0.25) is 9.59 Å². The van der Waals surface area contributed by atoms with E-state index in [1.807, 2.05) is 4.90 Å². The maximum absolute atomic E-state index is 13.0. The van der Waals surface area contributed by atoms with Crippen molar-refractivity contribution in [2.75, 3.05) is 6.54 Å². The highest BCUT2D eigenvalue weighted by Gasteiger charge is 2.53. The van der Waals surface area contributed by atoms with E-state index in [1.54, 1.807) is 6.26 Å². The third kappa shape index (κ3) is 2.12. The summed E-state index contributed by atoms with van der Waals surface area (Å²) in [6.45, 7) is 1.16. The predicted molar refractivity (Wildman–Crippen MR) is 75.6 cm³/mol. The number of fused-ring (bicyclic) bond motifs is 1. The molecule has 2 fully saturated rings. The molecular weight excluding hydrogens is 284 g/mol. The van der Waals surface area contributed by atoms with Crippen LogP contribution < -0.4 is 0 Å². The smallest absolute Gasteiger partial charge is 0.307 e. The summed E-state index contributed by atoms with van der Waals surface area (Å²) in [5.41, 5.74) is 1.37. The first-order chi connectivity index (χ1) is 10.7. The van der Waals surface area contributed by atoms with Gasteiger partial charge in [-0.25, -0.2) is 0 Å². The van der Waals surface area contributed by atoms with E-state index in [0.29, 0.717) is 19.5 Å². The predicted octanol–water partition coefficient (Wildman–Crippen LogP) is 1.83. The molecule has 6 heteroatoms. The third-order valence-electron chi connectivity index (χ3n) is 5.34. The number of carbonyl (C=O) groups excluding carboxylic acids is 2. The second-order valence-corrected chi connectivity index (χ2v) is 6.65. The van der Waals surface area contributed by atoms with Crippen LogP contribution in [-0.4, -0.2) is 34.1 Å². The number of ether oxygens (including phenoxy) is 1. The summed E-state index contributed by atoms with van der Waals surface area (Å²) in [6, 6.07) is 0. The highest BCUT2D eigenvalue weighted by molar-refractivity contribution is 5.88. The zero-order valence-electron chi connectivity index (χ0n) is 12.5. The number of rotatable bonds is 1. The fourth-order valence-corrected chi connectivity index (χ4v) is 4.15. The van der Waals surface area contributed by atoms with E-state index in [9.17, 15) is 9.59 Å². The van der Waals surface area contributed by atoms with E-state index in [2.05, 4.69) is 5.16 Å². The standard InChI is InChI=1S/C16H20N2O4/c19-14-8-12(16(22-14)5-2-1-3-6-16)15(20)18-7-4-13-11(9-18)10-21-17-13/h10,12H,1-9H2/t12-/m1/s1. The molecule has 3 aliphatic rings. The van der Waals surface area contributed by atoms with Gasteiger partial charge in [0.1, 0.15) is 11.9 Å². The van der Waals surface area contributed by atoms with E-state index in [-0.39, 0.29) is 24.2 Å². The molecule has 1 atom stereocenters. The molecule has 1 spiro atoms. The summed E-state index contributed by atoms with van der Waals surface area (Å²) < 4.78 is 10.6. The lowest BCUT2D eigenvalue weighted by atomic mass is 9.75. The SMILES string of the molecule is O=C1C[C@H](C(=O)N2CCc3nocc3C2)C2(CCCCC2)O1. The quantitative estimate of drug-likeness (QED) is 0.740. The van der Waals surface area contributed by atoms with Crippen molar-refractivity contribution in [3.05, 3.63) is 17.5 Å². The van der Waals surface area contributed by atoms with Gasteiger partial charge in [-0.2, -0.15) is 0 Å². The van der Waals surface area contributed by atoms with Gasteiger partial charge in [-0.1, -0.05) is 11.6 Å². The summed E-state index contributed by atoms with van der Waals surface area (Å²) in [5.74, 6) is -0.482. The van der Waals surface area contributed by atoms with Gasteiger partial charge in [0.15, 0.2) is 0 Å². The van der Waals surface area contributed by atoms with Crippen molar-refractivity contribution in [3.8, 4) is 0 Å². The van der Waals surface area contributed by atoms with Crippen LogP contribution in [0.2, 0.25) is 0 Å². The molecule has 1 aromatic heterocycles. The van der Waals surface area contributed by atoms with Gasteiger partial charge in [0.2, 0.25) is 5.91 Å². The average molecular weight is 304 g/mol. The van der Waals surface area contributed by atoms with Crippen molar-refractivity contribution in [3.63, 3.8) is 0 Å². The molecule has 22 heavy (non-hydrogen) atoms. The zero-order valence-corrected chi connectivity index (χ0v) is 12.5. The highest BCUT2D eigenvalue weighted by atomic mass is 16.6. The maximum atomic E-state index is 13.0. The van der Waals surface area contributed by atoms with Crippen molar-refractivity contribution in [1.82, 2.24) is 10.1 Å². The molecule has 0 radical (unpaired) electrons. The summed E-state index contributed by atoms with van der Waals surface area (Å²) >= 11 is 0. The maximum Gasteiger partial charge on any atom is 0.307 e. The molecule has 0 bridgehead atoms. The molecular formula is C16H20N2O4. The van der Waals surface area contributed by atoms with Crippen LogP contribution in [0.25, 0.3) is 0 Å². The summed E-state index contributed by atoms with van der Waals surface area (Å²) in [4.78, 5) is 26.7. The summed E-state index contributed by atoms with van der Waals surface area (Å²) in [6.07, 6.45) is 7.43. The first-order valence-corrected chi connectivity index (χ1v) is 8.11. The molecule has 3 heterocycles. The van der Waals surface area contributed by atoms with Crippen molar-refractivity contribution >= 4 is 11.9 Å². The summed E-state index contributed by atoms with van der Waals surface area (Å²) in [5, 5.41) is 3.95. The molecule has 118 valence electrons. The van der Waals surface area contributed by atoms with Gasteiger partial charge in [-0.05, 0) is 25.7 Å². The number of esters is 1. The zero-order chi connectivity index (χ0) is 15.2. The number of nitrogens with zero attached hydrogens (tertiary/aromatic N) is 2. The fourth-order valence-electron chi connectivity index (χ4n) is 4.15. The minimum absolute atomic E-state index is 0.0552. The monoisotopic (exact) mass is 304 g/mol. The van der Waals surface area contributed by atoms with Crippen LogP contribution in [0.15, 0.2) is 10.8 Å². The fraction of sp³-hybridized carbons (Fsp3) is 0.688. The molecule has 6 nitrogen and oxygen atoms in total. The lowest BCUT2D eigenvalue weighted by Gasteiger charge is -2.38. The summed E-state index contributed by atoms with van der Waals surface area (Å²) in [7, 11) is 0. The normalized spacial score (nSPS) is 26.8. The Morgan fingerprint density at radius 3 is 2.95 bits per heavy atom.